The van der Waals surface area contributed by atoms with Crippen molar-refractivity contribution in [3.63, 3.8) is 0 Å². The molecule has 0 unspecified atom stereocenters. The molecule has 5 heteroatoms. The van der Waals surface area contributed by atoms with Gasteiger partial charge < -0.3 is 15.4 Å². The van der Waals surface area contributed by atoms with E-state index in [1.807, 2.05) is 0 Å². The van der Waals surface area contributed by atoms with Gasteiger partial charge in [-0.3, -0.25) is 4.99 Å². The number of guanidine groups is 1. The Morgan fingerprint density at radius 1 is 1.13 bits per heavy atom. The molecule has 1 aromatic carbocycles. The molecule has 0 aromatic heterocycles. The maximum absolute atomic E-state index is 5.61. The van der Waals surface area contributed by atoms with Gasteiger partial charge in [-0.05, 0) is 44.7 Å². The monoisotopic (exact) mass is 431 g/mol. The van der Waals surface area contributed by atoms with E-state index in [0.717, 1.165) is 51.6 Å². The summed E-state index contributed by atoms with van der Waals surface area (Å²) in [7, 11) is 0. The normalized spacial score (nSPS) is 16.1. The molecule has 2 rings (SSSR count). The molecule has 0 aliphatic carbocycles. The quantitative estimate of drug-likeness (QED) is 0.428. The van der Waals surface area contributed by atoms with E-state index >= 15 is 0 Å². The lowest BCUT2D eigenvalue weighted by atomic mass is 9.72. The molecule has 23 heavy (non-hydrogen) atoms. The predicted molar refractivity (Wildman–Crippen MR) is 108 cm³/mol. The molecule has 1 saturated heterocycles. The zero-order valence-corrected chi connectivity index (χ0v) is 16.9. The predicted octanol–water partition coefficient (Wildman–Crippen LogP) is 3.24. The Kier molecular flexibility index (Phi) is 8.91. The van der Waals surface area contributed by atoms with Gasteiger partial charge in [0.05, 0.1) is 6.54 Å². The Labute approximate surface area is 157 Å². The molecule has 0 radical (unpaired) electrons. The van der Waals surface area contributed by atoms with Gasteiger partial charge in [-0.15, -0.1) is 24.0 Å². The van der Waals surface area contributed by atoms with Gasteiger partial charge in [0.15, 0.2) is 5.96 Å². The van der Waals surface area contributed by atoms with Crippen molar-refractivity contribution in [1.29, 1.82) is 0 Å². The molecular formula is C18H30IN3O. The number of rotatable bonds is 5. The molecule has 0 bridgehead atoms. The maximum Gasteiger partial charge on any atom is 0.191 e. The van der Waals surface area contributed by atoms with Crippen molar-refractivity contribution in [2.75, 3.05) is 32.8 Å². The molecular weight excluding hydrogens is 401 g/mol. The second kappa shape index (κ2) is 10.1. The Morgan fingerprint density at radius 2 is 1.74 bits per heavy atom. The summed E-state index contributed by atoms with van der Waals surface area (Å²) in [5.41, 5.74) is 2.88. The third-order valence-electron chi connectivity index (χ3n) is 4.39. The van der Waals surface area contributed by atoms with Gasteiger partial charge in [0.25, 0.3) is 0 Å². The second-order valence-electron chi connectivity index (χ2n) is 5.93. The molecule has 1 heterocycles. The number of benzene rings is 1. The average Bonchev–Trinajstić information content (AvgIpc) is 2.54. The van der Waals surface area contributed by atoms with Crippen LogP contribution in [0.5, 0.6) is 0 Å². The number of halogens is 1. The lowest BCUT2D eigenvalue weighted by molar-refractivity contribution is 0.0529. The van der Waals surface area contributed by atoms with Crippen LogP contribution < -0.4 is 10.6 Å². The van der Waals surface area contributed by atoms with Crippen molar-refractivity contribution in [3.8, 4) is 0 Å². The van der Waals surface area contributed by atoms with Crippen LogP contribution in [0, 0.1) is 6.92 Å². The first kappa shape index (κ1) is 20.2. The van der Waals surface area contributed by atoms with Gasteiger partial charge in [-0.2, -0.15) is 0 Å². The van der Waals surface area contributed by atoms with Gasteiger partial charge in [0.2, 0.25) is 0 Å². The van der Waals surface area contributed by atoms with Crippen LogP contribution in [0.4, 0.5) is 0 Å². The molecule has 0 spiro atoms. The summed E-state index contributed by atoms with van der Waals surface area (Å²) >= 11 is 0. The van der Waals surface area contributed by atoms with Crippen LogP contribution in [0.1, 0.15) is 37.8 Å². The second-order valence-corrected chi connectivity index (χ2v) is 5.93. The Hall–Kier alpha value is -0.820. The van der Waals surface area contributed by atoms with Crippen molar-refractivity contribution in [2.24, 2.45) is 4.99 Å². The lowest BCUT2D eigenvalue weighted by Crippen LogP contribution is -2.41. The maximum atomic E-state index is 5.61. The molecule has 1 aliphatic heterocycles. The summed E-state index contributed by atoms with van der Waals surface area (Å²) in [6.45, 7) is 10.6. The van der Waals surface area contributed by atoms with E-state index in [2.05, 4.69) is 55.7 Å². The van der Waals surface area contributed by atoms with Crippen LogP contribution in [0.25, 0.3) is 0 Å². The number of hydrogen-bond acceptors (Lipinski definition) is 2. The number of aryl methyl sites for hydroxylation is 1. The van der Waals surface area contributed by atoms with Gasteiger partial charge in [0.1, 0.15) is 0 Å². The third kappa shape index (κ3) is 5.35. The fraction of sp³-hybridized carbons (Fsp3) is 0.611. The Morgan fingerprint density at radius 3 is 2.30 bits per heavy atom. The molecule has 130 valence electrons. The molecule has 1 aromatic rings. The summed E-state index contributed by atoms with van der Waals surface area (Å²) in [4.78, 5) is 4.86. The molecule has 0 amide bonds. The Bertz CT molecular complexity index is 491. The minimum atomic E-state index is 0. The number of nitrogens with one attached hydrogen (secondary N) is 2. The summed E-state index contributed by atoms with van der Waals surface area (Å²) in [5, 5.41) is 6.63. The molecule has 4 nitrogen and oxygen atoms in total. The first-order chi connectivity index (χ1) is 10.7. The van der Waals surface area contributed by atoms with E-state index in [4.69, 9.17) is 9.73 Å². The van der Waals surface area contributed by atoms with Crippen molar-refractivity contribution in [1.82, 2.24) is 10.6 Å². The fourth-order valence-electron chi connectivity index (χ4n) is 3.18. The number of ether oxygens (including phenoxy) is 1. The van der Waals surface area contributed by atoms with Gasteiger partial charge in [0, 0.05) is 31.7 Å². The number of aliphatic imine (C=N–C) groups is 1. The van der Waals surface area contributed by atoms with Gasteiger partial charge in [-0.25, -0.2) is 0 Å². The fourth-order valence-corrected chi connectivity index (χ4v) is 3.18. The smallest absolute Gasteiger partial charge is 0.191 e. The van der Waals surface area contributed by atoms with Crippen molar-refractivity contribution in [2.45, 2.75) is 39.0 Å². The van der Waals surface area contributed by atoms with Crippen LogP contribution in [-0.4, -0.2) is 38.8 Å². The van der Waals surface area contributed by atoms with Crippen molar-refractivity contribution >= 4 is 29.9 Å². The van der Waals surface area contributed by atoms with Crippen LogP contribution in [0.2, 0.25) is 0 Å². The number of hydrogen-bond donors (Lipinski definition) is 2. The lowest BCUT2D eigenvalue weighted by Gasteiger charge is -2.37. The number of nitrogens with zero attached hydrogens (tertiary/aromatic N) is 1. The van der Waals surface area contributed by atoms with Crippen molar-refractivity contribution < 1.29 is 4.74 Å². The zero-order valence-electron chi connectivity index (χ0n) is 14.5. The van der Waals surface area contributed by atoms with Crippen LogP contribution in [-0.2, 0) is 10.2 Å². The molecule has 0 atom stereocenters. The van der Waals surface area contributed by atoms with Crippen molar-refractivity contribution in [3.05, 3.63) is 35.4 Å². The van der Waals surface area contributed by atoms with Crippen LogP contribution in [0.3, 0.4) is 0 Å². The van der Waals surface area contributed by atoms with E-state index in [9.17, 15) is 0 Å². The average molecular weight is 431 g/mol. The van der Waals surface area contributed by atoms with E-state index in [0.29, 0.717) is 0 Å². The zero-order chi connectivity index (χ0) is 15.8. The first-order valence-electron chi connectivity index (χ1n) is 8.38. The standard InChI is InChI=1S/C18H29N3O.HI/c1-4-19-17(20-5-2)21-14-18(10-12-22-13-11-18)16-9-7-6-8-15(16)3;/h6-9H,4-5,10-14H2,1-3H3,(H2,19,20,21);1H. The SMILES string of the molecule is CCNC(=NCC1(c2ccccc2C)CCOCC1)NCC.I. The first-order valence-corrected chi connectivity index (χ1v) is 8.38. The molecule has 1 aliphatic rings. The van der Waals surface area contributed by atoms with E-state index in [1.165, 1.54) is 11.1 Å². The molecule has 0 saturated carbocycles. The van der Waals surface area contributed by atoms with Crippen LogP contribution in [0.15, 0.2) is 29.3 Å². The Balaban J connectivity index is 0.00000264. The highest BCUT2D eigenvalue weighted by atomic mass is 127. The minimum absolute atomic E-state index is 0. The largest absolute Gasteiger partial charge is 0.381 e. The van der Waals surface area contributed by atoms with E-state index < -0.39 is 0 Å². The minimum Gasteiger partial charge on any atom is -0.381 e. The third-order valence-corrected chi connectivity index (χ3v) is 4.39. The van der Waals surface area contributed by atoms with Gasteiger partial charge >= 0.3 is 0 Å². The topological polar surface area (TPSA) is 45.7 Å². The summed E-state index contributed by atoms with van der Waals surface area (Å²) in [6.07, 6.45) is 2.07. The summed E-state index contributed by atoms with van der Waals surface area (Å²) in [6, 6.07) is 8.71. The summed E-state index contributed by atoms with van der Waals surface area (Å²) in [5.74, 6) is 0.907. The highest BCUT2D eigenvalue weighted by Crippen LogP contribution is 2.36. The molecule has 1 fully saturated rings. The summed E-state index contributed by atoms with van der Waals surface area (Å²) < 4.78 is 5.61. The molecule has 2 N–H and O–H groups in total. The van der Waals surface area contributed by atoms with Crippen LogP contribution >= 0.6 is 24.0 Å². The van der Waals surface area contributed by atoms with E-state index in [-0.39, 0.29) is 29.4 Å². The van der Waals surface area contributed by atoms with E-state index in [1.54, 1.807) is 0 Å². The highest BCUT2D eigenvalue weighted by molar-refractivity contribution is 14.0. The highest BCUT2D eigenvalue weighted by Gasteiger charge is 2.35. The van der Waals surface area contributed by atoms with Gasteiger partial charge in [-0.1, -0.05) is 24.3 Å².